The van der Waals surface area contributed by atoms with Gasteiger partial charge in [0.05, 0.1) is 5.69 Å². The van der Waals surface area contributed by atoms with Crippen LogP contribution in [0.3, 0.4) is 0 Å². The first kappa shape index (κ1) is 16.9. The molecule has 3 heteroatoms. The first-order chi connectivity index (χ1) is 14.3. The van der Waals surface area contributed by atoms with Gasteiger partial charge in [-0.15, -0.1) is 0 Å². The van der Waals surface area contributed by atoms with Crippen molar-refractivity contribution < 1.29 is 4.74 Å². The maximum atomic E-state index is 6.46. The monoisotopic (exact) mass is 380 g/mol. The van der Waals surface area contributed by atoms with Crippen molar-refractivity contribution in [2.75, 3.05) is 5.32 Å². The summed E-state index contributed by atoms with van der Waals surface area (Å²) in [5.74, 6) is 1.89. The van der Waals surface area contributed by atoms with Gasteiger partial charge in [-0.25, -0.2) is 0 Å². The lowest BCUT2D eigenvalue weighted by Gasteiger charge is -2.31. The lowest BCUT2D eigenvalue weighted by atomic mass is 9.84. The molecule has 2 unspecified atom stereocenters. The molecular weight excluding hydrogens is 356 g/mol. The van der Waals surface area contributed by atoms with Gasteiger partial charge in [0.15, 0.2) is 5.75 Å². The van der Waals surface area contributed by atoms with Crippen molar-refractivity contribution in [1.29, 1.82) is 0 Å². The highest BCUT2D eigenvalue weighted by atomic mass is 16.5. The Kier molecular flexibility index (Phi) is 3.95. The van der Waals surface area contributed by atoms with Crippen LogP contribution in [0, 0.1) is 0 Å². The molecule has 3 heterocycles. The third kappa shape index (κ3) is 2.93. The number of rotatable bonds is 2. The van der Waals surface area contributed by atoms with Crippen LogP contribution < -0.4 is 15.4 Å². The Morgan fingerprint density at radius 1 is 0.759 bits per heavy atom. The summed E-state index contributed by atoms with van der Waals surface area (Å²) in [5, 5.41) is 7.33. The second kappa shape index (κ2) is 6.78. The van der Waals surface area contributed by atoms with Crippen LogP contribution in [0.4, 0.5) is 11.4 Å². The molecule has 0 saturated carbocycles. The lowest BCUT2D eigenvalue weighted by molar-refractivity contribution is 0.466. The zero-order valence-corrected chi connectivity index (χ0v) is 16.3. The highest BCUT2D eigenvalue weighted by Crippen LogP contribution is 2.50. The second-order valence-corrected chi connectivity index (χ2v) is 8.30. The number of piperidine rings is 1. The number of benzene rings is 3. The molecular formula is C26H24N2O. The highest BCUT2D eigenvalue weighted by Gasteiger charge is 2.34. The zero-order chi connectivity index (χ0) is 19.2. The summed E-state index contributed by atoms with van der Waals surface area (Å²) in [6.07, 6.45) is 4.86. The molecule has 2 atom stereocenters. The van der Waals surface area contributed by atoms with Crippen molar-refractivity contribution >= 4 is 16.9 Å². The molecule has 2 bridgehead atoms. The number of hydrogen-bond acceptors (Lipinski definition) is 3. The van der Waals surface area contributed by atoms with Crippen LogP contribution >= 0.6 is 0 Å². The Labute approximate surface area is 171 Å². The number of para-hydroxylation sites is 3. The second-order valence-electron chi connectivity index (χ2n) is 8.30. The van der Waals surface area contributed by atoms with Gasteiger partial charge in [-0.2, -0.15) is 0 Å². The Morgan fingerprint density at radius 2 is 1.48 bits per heavy atom. The molecule has 2 fully saturated rings. The fourth-order valence-electron chi connectivity index (χ4n) is 5.12. The molecule has 29 heavy (non-hydrogen) atoms. The van der Waals surface area contributed by atoms with Crippen molar-refractivity contribution in [3.8, 4) is 11.5 Å². The fourth-order valence-corrected chi connectivity index (χ4v) is 5.12. The van der Waals surface area contributed by atoms with Gasteiger partial charge in [-0.3, -0.25) is 0 Å². The van der Waals surface area contributed by atoms with Crippen LogP contribution in [0.25, 0.3) is 5.57 Å². The molecule has 3 aromatic carbocycles. The van der Waals surface area contributed by atoms with E-state index in [1.54, 1.807) is 5.57 Å². The third-order valence-electron chi connectivity index (χ3n) is 6.38. The third-order valence-corrected chi connectivity index (χ3v) is 6.38. The van der Waals surface area contributed by atoms with Crippen LogP contribution in [0.2, 0.25) is 0 Å². The molecule has 0 aliphatic carbocycles. The molecule has 2 N–H and O–H groups in total. The van der Waals surface area contributed by atoms with Gasteiger partial charge in [0.1, 0.15) is 5.75 Å². The van der Waals surface area contributed by atoms with E-state index >= 15 is 0 Å². The molecule has 144 valence electrons. The molecule has 3 nitrogen and oxygen atoms in total. The number of hydrogen-bond donors (Lipinski definition) is 2. The van der Waals surface area contributed by atoms with Crippen molar-refractivity contribution in [3.63, 3.8) is 0 Å². The van der Waals surface area contributed by atoms with E-state index in [1.807, 2.05) is 18.2 Å². The maximum Gasteiger partial charge on any atom is 0.158 e. The molecule has 0 aromatic heterocycles. The molecule has 3 aliphatic rings. The molecule has 3 aliphatic heterocycles. The summed E-state index contributed by atoms with van der Waals surface area (Å²) in [6.45, 7) is 0. The van der Waals surface area contributed by atoms with Crippen LogP contribution in [-0.4, -0.2) is 12.1 Å². The number of fused-ring (bicyclic) bond motifs is 4. The van der Waals surface area contributed by atoms with E-state index in [9.17, 15) is 0 Å². The van der Waals surface area contributed by atoms with Crippen molar-refractivity contribution in [2.45, 2.75) is 37.8 Å². The Hall–Kier alpha value is -3.04. The predicted molar refractivity (Wildman–Crippen MR) is 118 cm³/mol. The van der Waals surface area contributed by atoms with Gasteiger partial charge in [-0.1, -0.05) is 54.1 Å². The van der Waals surface area contributed by atoms with Gasteiger partial charge in [-0.05, 0) is 55.5 Å². The van der Waals surface area contributed by atoms with E-state index in [-0.39, 0.29) is 0 Å². The Bertz CT molecular complexity index is 1090. The van der Waals surface area contributed by atoms with E-state index < -0.39 is 0 Å². The van der Waals surface area contributed by atoms with Gasteiger partial charge in [0.25, 0.3) is 0 Å². The highest BCUT2D eigenvalue weighted by molar-refractivity contribution is 5.93. The number of nitrogens with one attached hydrogen (secondary N) is 2. The summed E-state index contributed by atoms with van der Waals surface area (Å²) in [5.41, 5.74) is 7.48. The van der Waals surface area contributed by atoms with E-state index in [4.69, 9.17) is 4.74 Å². The van der Waals surface area contributed by atoms with E-state index in [1.165, 1.54) is 29.5 Å². The summed E-state index contributed by atoms with van der Waals surface area (Å²) in [7, 11) is 0. The van der Waals surface area contributed by atoms with E-state index in [0.717, 1.165) is 35.7 Å². The molecule has 2 saturated heterocycles. The summed E-state index contributed by atoms with van der Waals surface area (Å²) >= 11 is 0. The summed E-state index contributed by atoms with van der Waals surface area (Å²) < 4.78 is 6.46. The standard InChI is InChI=1S/C26H24N2O/c1-2-7-18(8-3-1)28-23-11-6-10-22-25(17-15-19-13-14-20(16-17)27-19)21-9-4-5-12-24(21)29-26(22)23/h1-12,19-20,27-28H,13-16H2. The fraction of sp³-hybridized carbons (Fsp3) is 0.231. The van der Waals surface area contributed by atoms with Crippen molar-refractivity contribution in [3.05, 3.63) is 89.5 Å². The van der Waals surface area contributed by atoms with Crippen molar-refractivity contribution in [2.24, 2.45) is 0 Å². The largest absolute Gasteiger partial charge is 0.454 e. The van der Waals surface area contributed by atoms with Gasteiger partial charge in [0.2, 0.25) is 0 Å². The van der Waals surface area contributed by atoms with Gasteiger partial charge in [0, 0.05) is 28.9 Å². The Balaban J connectivity index is 1.51. The minimum Gasteiger partial charge on any atom is -0.454 e. The first-order valence-corrected chi connectivity index (χ1v) is 10.6. The maximum absolute atomic E-state index is 6.46. The lowest BCUT2D eigenvalue weighted by Crippen LogP contribution is -2.35. The van der Waals surface area contributed by atoms with E-state index in [2.05, 4.69) is 65.2 Å². The number of anilines is 2. The molecule has 3 aromatic rings. The van der Waals surface area contributed by atoms with Crippen LogP contribution in [-0.2, 0) is 0 Å². The minimum absolute atomic E-state index is 0.625. The van der Waals surface area contributed by atoms with Crippen LogP contribution in [0.1, 0.15) is 36.8 Å². The van der Waals surface area contributed by atoms with Crippen LogP contribution in [0.15, 0.2) is 78.4 Å². The topological polar surface area (TPSA) is 33.3 Å². The van der Waals surface area contributed by atoms with Crippen molar-refractivity contribution in [1.82, 2.24) is 5.32 Å². The predicted octanol–water partition coefficient (Wildman–Crippen LogP) is 6.25. The molecule has 0 radical (unpaired) electrons. The first-order valence-electron chi connectivity index (χ1n) is 10.6. The molecule has 0 amide bonds. The van der Waals surface area contributed by atoms with Gasteiger partial charge < -0.3 is 15.4 Å². The smallest absolute Gasteiger partial charge is 0.158 e. The normalized spacial score (nSPS) is 21.9. The SMILES string of the molecule is c1ccc(Nc2cccc3c2Oc2ccccc2C3=C2CC3CCC(C2)N3)cc1. The average Bonchev–Trinajstić information content (AvgIpc) is 3.11. The Morgan fingerprint density at radius 3 is 2.31 bits per heavy atom. The van der Waals surface area contributed by atoms with Gasteiger partial charge >= 0.3 is 0 Å². The quantitative estimate of drug-likeness (QED) is 0.431. The summed E-state index contributed by atoms with van der Waals surface area (Å²) in [4.78, 5) is 0. The number of ether oxygens (including phenoxy) is 1. The molecule has 6 rings (SSSR count). The zero-order valence-electron chi connectivity index (χ0n) is 16.3. The average molecular weight is 380 g/mol. The molecule has 0 spiro atoms. The van der Waals surface area contributed by atoms with Crippen LogP contribution in [0.5, 0.6) is 11.5 Å². The van der Waals surface area contributed by atoms with E-state index in [0.29, 0.717) is 12.1 Å². The summed E-state index contributed by atoms with van der Waals surface area (Å²) in [6, 6.07) is 26.5. The minimum atomic E-state index is 0.625.